The van der Waals surface area contributed by atoms with E-state index >= 15 is 0 Å². The molecule has 0 saturated carbocycles. The Morgan fingerprint density at radius 1 is 1.04 bits per heavy atom. The highest BCUT2D eigenvalue weighted by Gasteiger charge is 2.24. The van der Waals surface area contributed by atoms with Crippen molar-refractivity contribution < 1.29 is 14.3 Å². The van der Waals surface area contributed by atoms with Gasteiger partial charge in [-0.05, 0) is 47.1 Å². The lowest BCUT2D eigenvalue weighted by atomic mass is 9.98. The summed E-state index contributed by atoms with van der Waals surface area (Å²) >= 11 is 0. The van der Waals surface area contributed by atoms with Crippen LogP contribution in [-0.2, 0) is 16.1 Å². The highest BCUT2D eigenvalue weighted by molar-refractivity contribution is 5.85. The van der Waals surface area contributed by atoms with E-state index in [1.54, 1.807) is 0 Å². The molecule has 0 N–H and O–H groups in total. The molecule has 0 spiro atoms. The Kier molecular flexibility index (Phi) is 7.23. The van der Waals surface area contributed by atoms with Crippen molar-refractivity contribution >= 4 is 11.9 Å². The van der Waals surface area contributed by atoms with Gasteiger partial charge in [0.05, 0.1) is 13.0 Å². The van der Waals surface area contributed by atoms with Crippen LogP contribution in [0.25, 0.3) is 0 Å². The van der Waals surface area contributed by atoms with Crippen LogP contribution in [0.1, 0.15) is 53.5 Å². The summed E-state index contributed by atoms with van der Waals surface area (Å²) in [7, 11) is 0. The summed E-state index contributed by atoms with van der Waals surface area (Å²) in [5.74, 6) is 5.84. The van der Waals surface area contributed by atoms with E-state index in [1.165, 1.54) is 4.90 Å². The van der Waals surface area contributed by atoms with Crippen molar-refractivity contribution in [2.24, 2.45) is 5.41 Å². The third-order valence-electron chi connectivity index (χ3n) is 2.98. The van der Waals surface area contributed by atoms with Crippen molar-refractivity contribution in [1.29, 1.82) is 0 Å². The molecular formula is C21H29NO3. The Balaban J connectivity index is 2.81. The predicted molar refractivity (Wildman–Crippen MR) is 99.9 cm³/mol. The molecule has 0 aliphatic carbocycles. The van der Waals surface area contributed by atoms with Gasteiger partial charge in [0.1, 0.15) is 5.60 Å². The van der Waals surface area contributed by atoms with Crippen molar-refractivity contribution in [3.63, 3.8) is 0 Å². The summed E-state index contributed by atoms with van der Waals surface area (Å²) in [5, 5.41) is 0. The lowest BCUT2D eigenvalue weighted by Gasteiger charge is -2.27. The second-order valence-electron chi connectivity index (χ2n) is 8.09. The monoisotopic (exact) mass is 343 g/mol. The van der Waals surface area contributed by atoms with Crippen molar-refractivity contribution in [2.75, 3.05) is 6.54 Å². The zero-order valence-electron chi connectivity index (χ0n) is 16.2. The summed E-state index contributed by atoms with van der Waals surface area (Å²) in [6.07, 6.45) is -0.362. The topological polar surface area (TPSA) is 46.6 Å². The summed E-state index contributed by atoms with van der Waals surface area (Å²) in [5.41, 5.74) is 0.193. The van der Waals surface area contributed by atoms with Gasteiger partial charge in [-0.15, -0.1) is 0 Å². The number of amides is 1. The van der Waals surface area contributed by atoms with Gasteiger partial charge < -0.3 is 4.74 Å². The number of ketones is 1. The molecule has 1 aromatic carbocycles. The van der Waals surface area contributed by atoms with Gasteiger partial charge in [0.2, 0.25) is 0 Å². The van der Waals surface area contributed by atoms with Gasteiger partial charge in [-0.3, -0.25) is 9.69 Å². The third kappa shape index (κ3) is 9.56. The van der Waals surface area contributed by atoms with Gasteiger partial charge in [0, 0.05) is 12.0 Å². The fourth-order valence-electron chi connectivity index (χ4n) is 1.99. The molecule has 1 rings (SSSR count). The minimum atomic E-state index is -0.610. The van der Waals surface area contributed by atoms with Crippen molar-refractivity contribution in [1.82, 2.24) is 4.90 Å². The van der Waals surface area contributed by atoms with E-state index in [0.717, 1.165) is 5.56 Å². The molecule has 4 heteroatoms. The SMILES string of the molecule is CC(C)(C)C#CCC(=O)CN(Cc1ccccc1)C(=O)OC(C)(C)C. The normalized spacial score (nSPS) is 11.3. The number of rotatable bonds is 5. The van der Waals surface area contributed by atoms with E-state index in [-0.39, 0.29) is 24.2 Å². The highest BCUT2D eigenvalue weighted by Crippen LogP contribution is 2.13. The number of Topliss-reactive ketones (excluding diaryl/α,β-unsaturated/α-hetero) is 1. The molecule has 0 aromatic heterocycles. The standard InChI is InChI=1S/C21H29NO3/c1-20(2,3)14-10-13-18(23)16-22(19(24)25-21(4,5)6)15-17-11-8-7-9-12-17/h7-9,11-12H,13,15-16H2,1-6H3. The summed E-state index contributed by atoms with van der Waals surface area (Å²) in [6, 6.07) is 9.55. The van der Waals surface area contributed by atoms with E-state index in [0.29, 0.717) is 6.54 Å². The second kappa shape index (κ2) is 8.71. The van der Waals surface area contributed by atoms with E-state index in [2.05, 4.69) is 11.8 Å². The van der Waals surface area contributed by atoms with Crippen LogP contribution < -0.4 is 0 Å². The number of benzene rings is 1. The average molecular weight is 343 g/mol. The number of carbonyl (C=O) groups is 2. The van der Waals surface area contributed by atoms with Crippen LogP contribution in [0.5, 0.6) is 0 Å². The quantitative estimate of drug-likeness (QED) is 0.743. The smallest absolute Gasteiger partial charge is 0.410 e. The lowest BCUT2D eigenvalue weighted by molar-refractivity contribution is -0.119. The molecule has 0 aliphatic heterocycles. The van der Waals surface area contributed by atoms with Crippen LogP contribution >= 0.6 is 0 Å². The first kappa shape index (κ1) is 20.8. The zero-order valence-corrected chi connectivity index (χ0v) is 16.2. The molecular weight excluding hydrogens is 314 g/mol. The second-order valence-corrected chi connectivity index (χ2v) is 8.09. The molecule has 0 bridgehead atoms. The zero-order chi connectivity index (χ0) is 19.1. The minimum Gasteiger partial charge on any atom is -0.444 e. The fourth-order valence-corrected chi connectivity index (χ4v) is 1.99. The van der Waals surface area contributed by atoms with Gasteiger partial charge in [-0.2, -0.15) is 0 Å². The molecule has 0 atom stereocenters. The van der Waals surface area contributed by atoms with Crippen LogP contribution in [0.15, 0.2) is 30.3 Å². The highest BCUT2D eigenvalue weighted by atomic mass is 16.6. The number of hydrogen-bond acceptors (Lipinski definition) is 3. The number of hydrogen-bond donors (Lipinski definition) is 0. The maximum atomic E-state index is 12.4. The van der Waals surface area contributed by atoms with E-state index < -0.39 is 11.7 Å². The lowest BCUT2D eigenvalue weighted by Crippen LogP contribution is -2.39. The molecule has 0 fully saturated rings. The van der Waals surface area contributed by atoms with Crippen molar-refractivity contribution in [3.05, 3.63) is 35.9 Å². The molecule has 0 saturated heterocycles. The molecule has 4 nitrogen and oxygen atoms in total. The van der Waals surface area contributed by atoms with Gasteiger partial charge in [-0.1, -0.05) is 42.2 Å². The van der Waals surface area contributed by atoms with Crippen LogP contribution in [0.4, 0.5) is 4.79 Å². The number of nitrogens with zero attached hydrogens (tertiary/aromatic N) is 1. The number of ether oxygens (including phenoxy) is 1. The predicted octanol–water partition coefficient (Wildman–Crippen LogP) is 4.43. The first-order chi connectivity index (χ1) is 11.5. The van der Waals surface area contributed by atoms with Gasteiger partial charge >= 0.3 is 6.09 Å². The minimum absolute atomic E-state index is 0.0113. The molecule has 0 aliphatic rings. The first-order valence-electron chi connectivity index (χ1n) is 8.50. The van der Waals surface area contributed by atoms with Crippen molar-refractivity contribution in [3.8, 4) is 11.8 Å². The Labute approximate surface area is 151 Å². The summed E-state index contributed by atoms with van der Waals surface area (Å²) < 4.78 is 5.43. The maximum Gasteiger partial charge on any atom is 0.410 e. The summed E-state index contributed by atoms with van der Waals surface area (Å²) in [4.78, 5) is 26.1. The Morgan fingerprint density at radius 2 is 1.64 bits per heavy atom. The van der Waals surface area contributed by atoms with E-state index in [9.17, 15) is 9.59 Å². The van der Waals surface area contributed by atoms with Crippen LogP contribution in [0.2, 0.25) is 0 Å². The van der Waals surface area contributed by atoms with Gasteiger partial charge in [-0.25, -0.2) is 4.79 Å². The van der Waals surface area contributed by atoms with E-state index in [1.807, 2.05) is 71.9 Å². The molecule has 1 aromatic rings. The maximum absolute atomic E-state index is 12.4. The molecule has 0 radical (unpaired) electrons. The Hall–Kier alpha value is -2.28. The fraction of sp³-hybridized carbons (Fsp3) is 0.524. The van der Waals surface area contributed by atoms with E-state index in [4.69, 9.17) is 4.74 Å². The Morgan fingerprint density at radius 3 is 2.16 bits per heavy atom. The molecule has 0 heterocycles. The molecule has 1 amide bonds. The number of carbonyl (C=O) groups excluding carboxylic acids is 2. The third-order valence-corrected chi connectivity index (χ3v) is 2.98. The van der Waals surface area contributed by atoms with Gasteiger partial charge in [0.25, 0.3) is 0 Å². The Bertz CT molecular complexity index is 640. The van der Waals surface area contributed by atoms with Gasteiger partial charge in [0.15, 0.2) is 5.78 Å². The van der Waals surface area contributed by atoms with Crippen LogP contribution in [0.3, 0.4) is 0 Å². The average Bonchev–Trinajstić information content (AvgIpc) is 2.44. The summed E-state index contributed by atoms with van der Waals surface area (Å²) in [6.45, 7) is 11.7. The van der Waals surface area contributed by atoms with Crippen LogP contribution in [-0.4, -0.2) is 28.9 Å². The molecule has 25 heavy (non-hydrogen) atoms. The van der Waals surface area contributed by atoms with Crippen LogP contribution in [0, 0.1) is 17.3 Å². The molecule has 136 valence electrons. The molecule has 0 unspecified atom stereocenters. The van der Waals surface area contributed by atoms with Crippen molar-refractivity contribution in [2.45, 2.75) is 60.1 Å². The first-order valence-corrected chi connectivity index (χ1v) is 8.50. The largest absolute Gasteiger partial charge is 0.444 e.